The van der Waals surface area contributed by atoms with Gasteiger partial charge in [0.2, 0.25) is 0 Å². The van der Waals surface area contributed by atoms with E-state index < -0.39 is 0 Å². The molecule has 0 saturated carbocycles. The number of thiophene rings is 1. The molecular weight excluding hydrogens is 356 g/mol. The maximum Gasteiger partial charge on any atom is 0.265 e. The van der Waals surface area contributed by atoms with Crippen LogP contribution in [0.25, 0.3) is 0 Å². The molecule has 0 bridgehead atoms. The fourth-order valence-electron chi connectivity index (χ4n) is 1.94. The van der Waals surface area contributed by atoms with Crippen LogP contribution in [0.1, 0.15) is 19.3 Å². The minimum Gasteiger partial charge on any atom is -0.484 e. The molecule has 128 valence electrons. The number of rotatable bonds is 8. The summed E-state index contributed by atoms with van der Waals surface area (Å²) in [5.74, 6) is 1.98. The zero-order valence-corrected chi connectivity index (χ0v) is 15.5. The predicted molar refractivity (Wildman–Crippen MR) is 96.7 cm³/mol. The van der Waals surface area contributed by atoms with Crippen molar-refractivity contribution in [3.8, 4) is 11.5 Å². The summed E-state index contributed by atoms with van der Waals surface area (Å²) in [5.41, 5.74) is 0. The van der Waals surface area contributed by atoms with Crippen molar-refractivity contribution in [3.05, 3.63) is 9.75 Å². The Labute approximate surface area is 148 Å². The molecular formula is C14H20N2O4S3. The van der Waals surface area contributed by atoms with E-state index in [1.54, 1.807) is 23.5 Å². The van der Waals surface area contributed by atoms with Gasteiger partial charge in [0, 0.05) is 24.6 Å². The van der Waals surface area contributed by atoms with Gasteiger partial charge in [-0.15, -0.1) is 11.3 Å². The standard InChI is InChI=1S/C14H20N2O4S3/c1-21-7-3-15-13(17)11-9-10(20-6-5-19-9)12(23-11)14(18)16-4-8-22-2/h3-8H2,1-2H3,(H,15,17)(H,16,18). The molecule has 0 atom stereocenters. The number of hydrogen-bond acceptors (Lipinski definition) is 7. The summed E-state index contributed by atoms with van der Waals surface area (Å²) in [4.78, 5) is 25.4. The van der Waals surface area contributed by atoms with Crippen LogP contribution in [0.5, 0.6) is 11.5 Å². The van der Waals surface area contributed by atoms with Gasteiger partial charge in [0.15, 0.2) is 11.5 Å². The number of thioether (sulfide) groups is 2. The van der Waals surface area contributed by atoms with Crippen LogP contribution in [0.15, 0.2) is 0 Å². The van der Waals surface area contributed by atoms with E-state index in [4.69, 9.17) is 9.47 Å². The van der Waals surface area contributed by atoms with Gasteiger partial charge in [-0.2, -0.15) is 23.5 Å². The number of fused-ring (bicyclic) bond motifs is 1. The molecule has 9 heteroatoms. The highest BCUT2D eigenvalue weighted by molar-refractivity contribution is 7.98. The number of nitrogens with one attached hydrogen (secondary N) is 2. The third-order valence-electron chi connectivity index (χ3n) is 2.99. The summed E-state index contributed by atoms with van der Waals surface area (Å²) in [7, 11) is 0. The summed E-state index contributed by atoms with van der Waals surface area (Å²) in [5, 5.41) is 5.67. The van der Waals surface area contributed by atoms with Crippen molar-refractivity contribution < 1.29 is 19.1 Å². The van der Waals surface area contributed by atoms with Gasteiger partial charge in [-0.05, 0) is 12.5 Å². The Kier molecular flexibility index (Phi) is 7.38. The van der Waals surface area contributed by atoms with Crippen molar-refractivity contribution in [2.75, 3.05) is 50.3 Å². The van der Waals surface area contributed by atoms with Crippen molar-refractivity contribution in [3.63, 3.8) is 0 Å². The number of hydrogen-bond donors (Lipinski definition) is 2. The molecule has 2 rings (SSSR count). The third-order valence-corrected chi connectivity index (χ3v) is 5.37. The number of ether oxygens (including phenoxy) is 2. The predicted octanol–water partition coefficient (Wildman–Crippen LogP) is 1.70. The van der Waals surface area contributed by atoms with E-state index in [0.29, 0.717) is 47.6 Å². The number of amides is 2. The van der Waals surface area contributed by atoms with Gasteiger partial charge < -0.3 is 20.1 Å². The van der Waals surface area contributed by atoms with Crippen LogP contribution in [0.3, 0.4) is 0 Å². The van der Waals surface area contributed by atoms with E-state index in [1.807, 2.05) is 12.5 Å². The Morgan fingerprint density at radius 1 is 0.957 bits per heavy atom. The van der Waals surface area contributed by atoms with Crippen LogP contribution in [-0.2, 0) is 0 Å². The van der Waals surface area contributed by atoms with Gasteiger partial charge in [-0.1, -0.05) is 0 Å². The summed E-state index contributed by atoms with van der Waals surface area (Å²) < 4.78 is 11.1. The highest BCUT2D eigenvalue weighted by Crippen LogP contribution is 2.43. The molecule has 0 aromatic carbocycles. The normalized spacial score (nSPS) is 12.8. The monoisotopic (exact) mass is 376 g/mol. The minimum atomic E-state index is -0.228. The molecule has 6 nitrogen and oxygen atoms in total. The molecule has 1 aliphatic heterocycles. The van der Waals surface area contributed by atoms with Crippen molar-refractivity contribution in [2.45, 2.75) is 0 Å². The van der Waals surface area contributed by atoms with E-state index in [-0.39, 0.29) is 11.8 Å². The first-order valence-corrected chi connectivity index (χ1v) is 10.8. The van der Waals surface area contributed by atoms with Gasteiger partial charge >= 0.3 is 0 Å². The lowest BCUT2D eigenvalue weighted by Crippen LogP contribution is -2.26. The molecule has 1 aliphatic rings. The van der Waals surface area contributed by atoms with Crippen LogP contribution in [0.4, 0.5) is 0 Å². The Balaban J connectivity index is 2.16. The van der Waals surface area contributed by atoms with Crippen molar-refractivity contribution >= 4 is 46.7 Å². The Morgan fingerprint density at radius 2 is 1.39 bits per heavy atom. The molecule has 0 radical (unpaired) electrons. The fraction of sp³-hybridized carbons (Fsp3) is 0.571. The lowest BCUT2D eigenvalue weighted by atomic mass is 10.3. The van der Waals surface area contributed by atoms with Crippen LogP contribution in [-0.4, -0.2) is 62.1 Å². The van der Waals surface area contributed by atoms with E-state index in [1.165, 1.54) is 0 Å². The Bertz CT molecular complexity index is 516. The average molecular weight is 377 g/mol. The van der Waals surface area contributed by atoms with E-state index in [0.717, 1.165) is 22.8 Å². The number of carbonyl (C=O) groups is 2. The smallest absolute Gasteiger partial charge is 0.265 e. The van der Waals surface area contributed by atoms with Gasteiger partial charge in [0.05, 0.1) is 0 Å². The summed E-state index contributed by atoms with van der Waals surface area (Å²) >= 11 is 4.43. The molecule has 0 saturated heterocycles. The van der Waals surface area contributed by atoms with Gasteiger partial charge in [-0.3, -0.25) is 9.59 Å². The van der Waals surface area contributed by atoms with Crippen molar-refractivity contribution in [1.82, 2.24) is 10.6 Å². The SMILES string of the molecule is CSCCNC(=O)c1sc(C(=O)NCCSC)c2c1OCCO2. The van der Waals surface area contributed by atoms with Crippen LogP contribution in [0.2, 0.25) is 0 Å². The van der Waals surface area contributed by atoms with E-state index in [9.17, 15) is 9.59 Å². The molecule has 1 aromatic heterocycles. The zero-order valence-electron chi connectivity index (χ0n) is 13.1. The Hall–Kier alpha value is -1.06. The topological polar surface area (TPSA) is 76.7 Å². The van der Waals surface area contributed by atoms with E-state index in [2.05, 4.69) is 10.6 Å². The van der Waals surface area contributed by atoms with Gasteiger partial charge in [0.1, 0.15) is 23.0 Å². The highest BCUT2D eigenvalue weighted by atomic mass is 32.2. The maximum atomic E-state index is 12.3. The van der Waals surface area contributed by atoms with Crippen LogP contribution < -0.4 is 20.1 Å². The first-order chi connectivity index (χ1) is 11.2. The fourth-order valence-corrected chi connectivity index (χ4v) is 3.58. The quantitative estimate of drug-likeness (QED) is 0.673. The Morgan fingerprint density at radius 3 is 1.78 bits per heavy atom. The molecule has 0 aliphatic carbocycles. The molecule has 0 unspecified atom stereocenters. The second-order valence-electron chi connectivity index (χ2n) is 4.61. The maximum absolute atomic E-state index is 12.3. The largest absolute Gasteiger partial charge is 0.484 e. The lowest BCUT2D eigenvalue weighted by molar-refractivity contribution is 0.0936. The minimum absolute atomic E-state index is 0.228. The lowest BCUT2D eigenvalue weighted by Gasteiger charge is -2.17. The zero-order chi connectivity index (χ0) is 16.7. The molecule has 2 heterocycles. The molecule has 0 spiro atoms. The molecule has 0 fully saturated rings. The molecule has 1 aromatic rings. The first-order valence-electron chi connectivity index (χ1n) is 7.15. The van der Waals surface area contributed by atoms with Gasteiger partial charge in [-0.25, -0.2) is 0 Å². The summed E-state index contributed by atoms with van der Waals surface area (Å²) in [6.07, 6.45) is 3.96. The third kappa shape index (κ3) is 4.71. The second-order valence-corrected chi connectivity index (χ2v) is 7.60. The summed E-state index contributed by atoms with van der Waals surface area (Å²) in [6.45, 7) is 1.90. The highest BCUT2D eigenvalue weighted by Gasteiger charge is 2.31. The van der Waals surface area contributed by atoms with E-state index >= 15 is 0 Å². The van der Waals surface area contributed by atoms with Crippen molar-refractivity contribution in [2.24, 2.45) is 0 Å². The second kappa shape index (κ2) is 9.29. The molecule has 2 N–H and O–H groups in total. The summed E-state index contributed by atoms with van der Waals surface area (Å²) in [6, 6.07) is 0. The molecule has 23 heavy (non-hydrogen) atoms. The van der Waals surface area contributed by atoms with Gasteiger partial charge in [0.25, 0.3) is 11.8 Å². The average Bonchev–Trinajstić information content (AvgIpc) is 2.95. The van der Waals surface area contributed by atoms with Crippen molar-refractivity contribution in [1.29, 1.82) is 0 Å². The van der Waals surface area contributed by atoms with Crippen LogP contribution in [0, 0.1) is 0 Å². The molecule has 2 amide bonds. The first kappa shape index (κ1) is 18.3. The number of carbonyl (C=O) groups excluding carboxylic acids is 2. The van der Waals surface area contributed by atoms with Crippen LogP contribution >= 0.6 is 34.9 Å².